The van der Waals surface area contributed by atoms with Crippen LogP contribution in [0.25, 0.3) is 0 Å². The topological polar surface area (TPSA) is 82.3 Å². The van der Waals surface area contributed by atoms with Crippen molar-refractivity contribution >= 4 is 11.6 Å². The van der Waals surface area contributed by atoms with Gasteiger partial charge in [0, 0.05) is 0 Å². The molecule has 5 nitrogen and oxygen atoms in total. The molecule has 0 radical (unpaired) electrons. The third-order valence-electron chi connectivity index (χ3n) is 2.91. The van der Waals surface area contributed by atoms with Crippen molar-refractivity contribution in [1.29, 1.82) is 5.26 Å². The van der Waals surface area contributed by atoms with E-state index in [0.717, 1.165) is 0 Å². The van der Waals surface area contributed by atoms with Crippen LogP contribution in [0, 0.1) is 17.2 Å². The Morgan fingerprint density at radius 3 is 2.57 bits per heavy atom. The van der Waals surface area contributed by atoms with Gasteiger partial charge < -0.3 is 15.2 Å². The third kappa shape index (κ3) is 5.44. The Bertz CT molecular complexity index is 533. The molecule has 0 fully saturated rings. The number of nitriles is 1. The quantitative estimate of drug-likeness (QED) is 0.844. The number of carbonyl (C=O) groups excluding carboxylic acids is 1. The van der Waals surface area contributed by atoms with E-state index in [9.17, 15) is 9.90 Å². The van der Waals surface area contributed by atoms with Crippen molar-refractivity contribution in [2.45, 2.75) is 46.3 Å². The lowest BCUT2D eigenvalue weighted by molar-refractivity contribution is -0.118. The van der Waals surface area contributed by atoms with E-state index in [1.807, 2.05) is 33.8 Å². The average Bonchev–Trinajstić information content (AvgIpc) is 2.39. The maximum atomic E-state index is 12.0. The number of nitrogens with one attached hydrogen (secondary N) is 1. The van der Waals surface area contributed by atoms with Gasteiger partial charge in [-0.15, -0.1) is 0 Å². The lowest BCUT2D eigenvalue weighted by Crippen LogP contribution is -2.24. The van der Waals surface area contributed by atoms with Gasteiger partial charge >= 0.3 is 0 Å². The molecule has 1 aromatic carbocycles. The first kappa shape index (κ1) is 17.0. The van der Waals surface area contributed by atoms with Crippen LogP contribution in [0.3, 0.4) is 0 Å². The molecule has 1 rings (SSSR count). The molecule has 1 unspecified atom stereocenters. The lowest BCUT2D eigenvalue weighted by atomic mass is 10.0. The van der Waals surface area contributed by atoms with E-state index >= 15 is 0 Å². The van der Waals surface area contributed by atoms with Crippen LogP contribution in [-0.4, -0.2) is 23.2 Å². The van der Waals surface area contributed by atoms with Crippen LogP contribution in [0.1, 0.15) is 39.7 Å². The standard InChI is InChI=1S/C16H22N2O3/c1-10(2)14(19)8-16(20)18-13-7-12(9-17)5-6-15(13)21-11(3)4/h5-7,10-11,14,19H,8H2,1-4H3,(H,18,20). The number of carbonyl (C=O) groups is 1. The summed E-state index contributed by atoms with van der Waals surface area (Å²) < 4.78 is 5.61. The molecular formula is C16H22N2O3. The summed E-state index contributed by atoms with van der Waals surface area (Å²) in [5, 5.41) is 21.4. The number of hydrogen-bond donors (Lipinski definition) is 2. The fourth-order valence-corrected chi connectivity index (χ4v) is 1.68. The fourth-order valence-electron chi connectivity index (χ4n) is 1.68. The van der Waals surface area contributed by atoms with Gasteiger partial charge in [-0.2, -0.15) is 5.26 Å². The zero-order valence-corrected chi connectivity index (χ0v) is 12.9. The molecule has 0 bridgehead atoms. The summed E-state index contributed by atoms with van der Waals surface area (Å²) in [4.78, 5) is 12.0. The van der Waals surface area contributed by atoms with Gasteiger partial charge in [-0.05, 0) is 38.0 Å². The highest BCUT2D eigenvalue weighted by Crippen LogP contribution is 2.27. The number of aliphatic hydroxyl groups is 1. The molecule has 5 heteroatoms. The second kappa shape index (κ2) is 7.65. The Morgan fingerprint density at radius 2 is 2.05 bits per heavy atom. The Hall–Kier alpha value is -2.06. The molecule has 1 amide bonds. The summed E-state index contributed by atoms with van der Waals surface area (Å²) in [6.07, 6.45) is -0.733. The predicted molar refractivity (Wildman–Crippen MR) is 81.0 cm³/mol. The Kier molecular flexibility index (Phi) is 6.19. The van der Waals surface area contributed by atoms with Gasteiger partial charge in [0.2, 0.25) is 5.91 Å². The average molecular weight is 290 g/mol. The van der Waals surface area contributed by atoms with Crippen molar-refractivity contribution in [3.8, 4) is 11.8 Å². The van der Waals surface area contributed by atoms with Gasteiger partial charge in [0.05, 0.1) is 35.9 Å². The molecule has 2 N–H and O–H groups in total. The van der Waals surface area contributed by atoms with Gasteiger partial charge in [0.25, 0.3) is 0 Å². The van der Waals surface area contributed by atoms with E-state index < -0.39 is 6.10 Å². The molecule has 0 heterocycles. The number of anilines is 1. The number of hydrogen-bond acceptors (Lipinski definition) is 4. The maximum absolute atomic E-state index is 12.0. The number of rotatable bonds is 6. The van der Waals surface area contributed by atoms with Crippen LogP contribution in [0.5, 0.6) is 5.75 Å². The van der Waals surface area contributed by atoms with Crippen molar-refractivity contribution in [3.63, 3.8) is 0 Å². The van der Waals surface area contributed by atoms with Crippen molar-refractivity contribution in [3.05, 3.63) is 23.8 Å². The Labute approximate surface area is 125 Å². The van der Waals surface area contributed by atoms with E-state index in [4.69, 9.17) is 10.00 Å². The fraction of sp³-hybridized carbons (Fsp3) is 0.500. The molecule has 0 aliphatic carbocycles. The first-order valence-corrected chi connectivity index (χ1v) is 7.02. The SMILES string of the molecule is CC(C)Oc1ccc(C#N)cc1NC(=O)CC(O)C(C)C. The third-order valence-corrected chi connectivity index (χ3v) is 2.91. The minimum atomic E-state index is -0.696. The number of amides is 1. The van der Waals surface area contributed by atoms with Crippen LogP contribution in [0.4, 0.5) is 5.69 Å². The van der Waals surface area contributed by atoms with Crippen molar-refractivity contribution in [2.75, 3.05) is 5.32 Å². The zero-order chi connectivity index (χ0) is 16.0. The largest absolute Gasteiger partial charge is 0.489 e. The van der Waals surface area contributed by atoms with E-state index in [1.54, 1.807) is 18.2 Å². The van der Waals surface area contributed by atoms with Gasteiger partial charge in [-0.25, -0.2) is 0 Å². The smallest absolute Gasteiger partial charge is 0.227 e. The second-order valence-electron chi connectivity index (χ2n) is 5.55. The monoisotopic (exact) mass is 290 g/mol. The number of benzene rings is 1. The van der Waals surface area contributed by atoms with Gasteiger partial charge in [-0.3, -0.25) is 4.79 Å². The number of aliphatic hydroxyl groups excluding tert-OH is 1. The summed E-state index contributed by atoms with van der Waals surface area (Å²) in [6, 6.07) is 6.89. The highest BCUT2D eigenvalue weighted by Gasteiger charge is 2.16. The van der Waals surface area contributed by atoms with E-state index in [2.05, 4.69) is 5.32 Å². The van der Waals surface area contributed by atoms with Crippen LogP contribution in [0.2, 0.25) is 0 Å². The summed E-state index contributed by atoms with van der Waals surface area (Å²) in [5.41, 5.74) is 0.884. The molecule has 1 atom stereocenters. The minimum Gasteiger partial charge on any atom is -0.489 e. The molecular weight excluding hydrogens is 268 g/mol. The first-order chi connectivity index (χ1) is 9.83. The minimum absolute atomic E-state index is 0.00702. The van der Waals surface area contributed by atoms with Crippen LogP contribution < -0.4 is 10.1 Å². The number of ether oxygens (including phenoxy) is 1. The summed E-state index contributed by atoms with van der Waals surface area (Å²) >= 11 is 0. The number of nitrogens with zero attached hydrogens (tertiary/aromatic N) is 1. The Morgan fingerprint density at radius 1 is 1.38 bits per heavy atom. The molecule has 0 aromatic heterocycles. The molecule has 0 aliphatic rings. The Balaban J connectivity index is 2.89. The molecule has 0 spiro atoms. The second-order valence-corrected chi connectivity index (χ2v) is 5.55. The molecule has 1 aromatic rings. The van der Waals surface area contributed by atoms with Crippen LogP contribution in [-0.2, 0) is 4.79 Å². The lowest BCUT2D eigenvalue weighted by Gasteiger charge is -2.17. The van der Waals surface area contributed by atoms with Gasteiger partial charge in [0.1, 0.15) is 5.75 Å². The highest BCUT2D eigenvalue weighted by molar-refractivity contribution is 5.92. The molecule has 114 valence electrons. The van der Waals surface area contributed by atoms with Gasteiger partial charge in [-0.1, -0.05) is 13.8 Å². The van der Waals surface area contributed by atoms with Crippen LogP contribution >= 0.6 is 0 Å². The van der Waals surface area contributed by atoms with Crippen molar-refractivity contribution in [2.24, 2.45) is 5.92 Å². The summed E-state index contributed by atoms with van der Waals surface area (Å²) in [7, 11) is 0. The maximum Gasteiger partial charge on any atom is 0.227 e. The molecule has 0 saturated carbocycles. The molecule has 21 heavy (non-hydrogen) atoms. The first-order valence-electron chi connectivity index (χ1n) is 7.02. The van der Waals surface area contributed by atoms with Crippen molar-refractivity contribution in [1.82, 2.24) is 0 Å². The zero-order valence-electron chi connectivity index (χ0n) is 12.9. The predicted octanol–water partition coefficient (Wildman–Crippen LogP) is 2.69. The summed E-state index contributed by atoms with van der Waals surface area (Å²) in [6.45, 7) is 7.46. The highest BCUT2D eigenvalue weighted by atomic mass is 16.5. The van der Waals surface area contributed by atoms with E-state index in [-0.39, 0.29) is 24.3 Å². The molecule has 0 saturated heterocycles. The van der Waals surface area contributed by atoms with E-state index in [1.165, 1.54) is 0 Å². The van der Waals surface area contributed by atoms with Gasteiger partial charge in [0.15, 0.2) is 0 Å². The normalized spacial score (nSPS) is 12.1. The van der Waals surface area contributed by atoms with E-state index in [0.29, 0.717) is 17.0 Å². The summed E-state index contributed by atoms with van der Waals surface area (Å²) in [5.74, 6) is 0.212. The molecule has 0 aliphatic heterocycles. The van der Waals surface area contributed by atoms with Crippen molar-refractivity contribution < 1.29 is 14.6 Å². The van der Waals surface area contributed by atoms with Crippen LogP contribution in [0.15, 0.2) is 18.2 Å².